The molecule has 0 fully saturated rings. The lowest BCUT2D eigenvalue weighted by atomic mass is 9.86. The van der Waals surface area contributed by atoms with Crippen LogP contribution in [0.4, 0.5) is 0 Å². The minimum atomic E-state index is -0.231. The van der Waals surface area contributed by atoms with Crippen LogP contribution in [0, 0.1) is 0 Å². The third-order valence-electron chi connectivity index (χ3n) is 7.57. The minimum absolute atomic E-state index is 0.117. The van der Waals surface area contributed by atoms with Crippen molar-refractivity contribution in [3.8, 4) is 22.4 Å². The van der Waals surface area contributed by atoms with Gasteiger partial charge < -0.3 is 19.8 Å². The first kappa shape index (κ1) is 27.0. The van der Waals surface area contributed by atoms with Crippen molar-refractivity contribution in [3.63, 3.8) is 0 Å². The number of methoxy groups -OCH3 is 2. The number of H-pyrrole nitrogens is 1. The molecule has 1 aliphatic rings. The maximum absolute atomic E-state index is 12.1. The van der Waals surface area contributed by atoms with Gasteiger partial charge in [0.05, 0.1) is 14.2 Å². The van der Waals surface area contributed by atoms with Gasteiger partial charge in [0.15, 0.2) is 0 Å². The molecule has 1 atom stereocenters. The predicted molar refractivity (Wildman–Crippen MR) is 157 cm³/mol. The Morgan fingerprint density at radius 2 is 1.40 bits per heavy atom. The number of benzene rings is 3. The van der Waals surface area contributed by atoms with Gasteiger partial charge in [-0.05, 0) is 46.2 Å². The normalized spacial score (nSPS) is 14.6. The molecule has 6 heteroatoms. The standard InChI is InChI=1S/C34H34N2O4/c1-39-31(37)18-16-27-29(21-35-33(27)23-10-5-3-6-11-23)25-14-9-15-26(20-25)30-22-36-34(24-12-7-4-8-13-24)28(30)17-19-32(38)40-2/h3-15,20-21,30,35-36H,16-19,22H2,1-2H3. The van der Waals surface area contributed by atoms with Crippen LogP contribution in [-0.2, 0) is 25.5 Å². The maximum Gasteiger partial charge on any atom is 0.305 e. The van der Waals surface area contributed by atoms with Gasteiger partial charge in [-0.2, -0.15) is 0 Å². The second kappa shape index (κ2) is 12.5. The first-order valence-corrected chi connectivity index (χ1v) is 13.6. The zero-order valence-electron chi connectivity index (χ0n) is 22.9. The summed E-state index contributed by atoms with van der Waals surface area (Å²) < 4.78 is 9.89. The van der Waals surface area contributed by atoms with Crippen molar-refractivity contribution in [1.82, 2.24) is 10.3 Å². The first-order valence-electron chi connectivity index (χ1n) is 13.6. The first-order chi connectivity index (χ1) is 19.6. The van der Waals surface area contributed by atoms with Crippen LogP contribution in [0.2, 0.25) is 0 Å². The second-order valence-electron chi connectivity index (χ2n) is 9.90. The van der Waals surface area contributed by atoms with Crippen LogP contribution in [0.15, 0.2) is 96.7 Å². The summed E-state index contributed by atoms with van der Waals surface area (Å²) in [5, 5.41) is 3.62. The van der Waals surface area contributed by atoms with Crippen LogP contribution < -0.4 is 5.32 Å². The molecule has 6 nitrogen and oxygen atoms in total. The van der Waals surface area contributed by atoms with Crippen molar-refractivity contribution in [2.75, 3.05) is 20.8 Å². The number of aromatic nitrogens is 1. The Balaban J connectivity index is 1.53. The number of esters is 2. The summed E-state index contributed by atoms with van der Waals surface area (Å²) in [7, 11) is 2.85. The summed E-state index contributed by atoms with van der Waals surface area (Å²) in [6, 6.07) is 29.0. The Hall–Kier alpha value is -4.58. The van der Waals surface area contributed by atoms with E-state index < -0.39 is 0 Å². The molecule has 4 aromatic rings. The van der Waals surface area contributed by atoms with E-state index in [-0.39, 0.29) is 17.9 Å². The van der Waals surface area contributed by atoms with Crippen LogP contribution >= 0.6 is 0 Å². The van der Waals surface area contributed by atoms with Crippen LogP contribution in [-0.4, -0.2) is 37.7 Å². The van der Waals surface area contributed by atoms with E-state index in [1.54, 1.807) is 0 Å². The molecule has 1 aromatic heterocycles. The highest BCUT2D eigenvalue weighted by Crippen LogP contribution is 2.40. The SMILES string of the molecule is COC(=O)CCC1=C(c2ccccc2)NCC1c1cccc(-c2c[nH]c(-c3ccccc3)c2CCC(=O)OC)c1. The fourth-order valence-electron chi connectivity index (χ4n) is 5.55. The maximum atomic E-state index is 12.1. The highest BCUT2D eigenvalue weighted by Gasteiger charge is 2.28. The van der Waals surface area contributed by atoms with Crippen molar-refractivity contribution < 1.29 is 19.1 Å². The van der Waals surface area contributed by atoms with E-state index in [1.165, 1.54) is 25.4 Å². The summed E-state index contributed by atoms with van der Waals surface area (Å²) in [4.78, 5) is 27.6. The molecular formula is C34H34N2O4. The molecule has 1 aliphatic heterocycles. The number of nitrogens with one attached hydrogen (secondary N) is 2. The topological polar surface area (TPSA) is 80.4 Å². The van der Waals surface area contributed by atoms with Gasteiger partial charge >= 0.3 is 11.9 Å². The summed E-state index contributed by atoms with van der Waals surface area (Å²) >= 11 is 0. The Labute approximate surface area is 235 Å². The number of aromatic amines is 1. The van der Waals surface area contributed by atoms with Crippen LogP contribution in [0.25, 0.3) is 28.1 Å². The number of hydrogen-bond acceptors (Lipinski definition) is 5. The number of rotatable bonds is 10. The number of carbonyl (C=O) groups is 2. The Morgan fingerprint density at radius 3 is 2.08 bits per heavy atom. The lowest BCUT2D eigenvalue weighted by molar-refractivity contribution is -0.141. The number of carbonyl (C=O) groups excluding carboxylic acids is 2. The molecule has 0 bridgehead atoms. The Kier molecular flexibility index (Phi) is 8.45. The van der Waals surface area contributed by atoms with E-state index in [1.807, 2.05) is 42.6 Å². The van der Waals surface area contributed by atoms with Crippen LogP contribution in [0.1, 0.15) is 41.9 Å². The van der Waals surface area contributed by atoms with E-state index >= 15 is 0 Å². The molecule has 0 saturated carbocycles. The van der Waals surface area contributed by atoms with Gasteiger partial charge in [0.2, 0.25) is 0 Å². The van der Waals surface area contributed by atoms with Crippen molar-refractivity contribution >= 4 is 17.6 Å². The average molecular weight is 535 g/mol. The summed E-state index contributed by atoms with van der Waals surface area (Å²) in [5.41, 5.74) is 9.91. The summed E-state index contributed by atoms with van der Waals surface area (Å²) in [6.07, 6.45) is 3.84. The smallest absolute Gasteiger partial charge is 0.305 e. The largest absolute Gasteiger partial charge is 0.469 e. The van der Waals surface area contributed by atoms with Crippen molar-refractivity contribution in [3.05, 3.63) is 113 Å². The molecule has 1 unspecified atom stereocenters. The van der Waals surface area contributed by atoms with E-state index in [4.69, 9.17) is 9.47 Å². The molecule has 0 saturated heterocycles. The minimum Gasteiger partial charge on any atom is -0.469 e. The highest BCUT2D eigenvalue weighted by atomic mass is 16.5. The monoisotopic (exact) mass is 534 g/mol. The third-order valence-corrected chi connectivity index (χ3v) is 7.57. The molecule has 2 N–H and O–H groups in total. The quantitative estimate of drug-likeness (QED) is 0.227. The Morgan fingerprint density at radius 1 is 0.775 bits per heavy atom. The van der Waals surface area contributed by atoms with E-state index in [0.29, 0.717) is 25.7 Å². The molecule has 5 rings (SSSR count). The molecule has 0 amide bonds. The molecular weight excluding hydrogens is 500 g/mol. The third kappa shape index (κ3) is 5.86. The predicted octanol–water partition coefficient (Wildman–Crippen LogP) is 6.51. The molecule has 204 valence electrons. The molecule has 0 aliphatic carbocycles. The van der Waals surface area contributed by atoms with Gasteiger partial charge in [-0.25, -0.2) is 0 Å². The van der Waals surface area contributed by atoms with Gasteiger partial charge in [-0.15, -0.1) is 0 Å². The molecule has 2 heterocycles. The molecule has 3 aromatic carbocycles. The second-order valence-corrected chi connectivity index (χ2v) is 9.90. The van der Waals surface area contributed by atoms with Gasteiger partial charge in [-0.1, -0.05) is 84.9 Å². The van der Waals surface area contributed by atoms with Crippen molar-refractivity contribution in [2.45, 2.75) is 31.6 Å². The van der Waals surface area contributed by atoms with Crippen LogP contribution in [0.5, 0.6) is 0 Å². The lowest BCUT2D eigenvalue weighted by Gasteiger charge is -2.16. The Bertz CT molecular complexity index is 1510. The fourth-order valence-corrected chi connectivity index (χ4v) is 5.55. The fraction of sp³-hybridized carbons (Fsp3) is 0.235. The van der Waals surface area contributed by atoms with E-state index in [2.05, 4.69) is 58.8 Å². The summed E-state index contributed by atoms with van der Waals surface area (Å²) in [6.45, 7) is 0.752. The molecule has 0 radical (unpaired) electrons. The molecule has 40 heavy (non-hydrogen) atoms. The van der Waals surface area contributed by atoms with Crippen molar-refractivity contribution in [2.24, 2.45) is 0 Å². The zero-order chi connectivity index (χ0) is 27.9. The van der Waals surface area contributed by atoms with Gasteiger partial charge in [0.1, 0.15) is 0 Å². The van der Waals surface area contributed by atoms with Crippen molar-refractivity contribution in [1.29, 1.82) is 0 Å². The van der Waals surface area contributed by atoms with Gasteiger partial charge in [0, 0.05) is 48.5 Å². The van der Waals surface area contributed by atoms with Gasteiger partial charge in [-0.3, -0.25) is 9.59 Å². The number of hydrogen-bond donors (Lipinski definition) is 2. The van der Waals surface area contributed by atoms with Crippen LogP contribution in [0.3, 0.4) is 0 Å². The summed E-state index contributed by atoms with van der Waals surface area (Å²) in [5.74, 6) is -0.327. The highest BCUT2D eigenvalue weighted by molar-refractivity contribution is 5.80. The lowest BCUT2D eigenvalue weighted by Crippen LogP contribution is -2.11. The van der Waals surface area contributed by atoms with E-state index in [9.17, 15) is 9.59 Å². The van der Waals surface area contributed by atoms with E-state index in [0.717, 1.165) is 45.8 Å². The average Bonchev–Trinajstić information content (AvgIpc) is 3.64. The zero-order valence-corrected chi connectivity index (χ0v) is 22.9. The molecule has 0 spiro atoms. The number of ether oxygens (including phenoxy) is 2. The van der Waals surface area contributed by atoms with Gasteiger partial charge in [0.25, 0.3) is 0 Å².